The number of alkyl halides is 3. The molecule has 0 aliphatic heterocycles. The van der Waals surface area contributed by atoms with Gasteiger partial charge in [0, 0.05) is 23.4 Å². The number of aromatic nitrogens is 2. The molecular weight excluding hydrogens is 374 g/mol. The number of halogens is 5. The number of hydrogen-bond acceptors (Lipinski definition) is 4. The first-order chi connectivity index (χ1) is 12.2. The maximum atomic E-state index is 13.4. The van der Waals surface area contributed by atoms with Crippen molar-refractivity contribution in [3.05, 3.63) is 65.1 Å². The van der Waals surface area contributed by atoms with Crippen LogP contribution >= 0.6 is 11.6 Å². The van der Waals surface area contributed by atoms with Crippen LogP contribution in [0, 0.1) is 5.82 Å². The minimum absolute atomic E-state index is 0.00541. The molecule has 134 valence electrons. The van der Waals surface area contributed by atoms with E-state index in [-0.39, 0.29) is 28.0 Å². The Hall–Kier alpha value is -2.87. The molecule has 26 heavy (non-hydrogen) atoms. The van der Waals surface area contributed by atoms with Crippen LogP contribution in [0.5, 0.6) is 5.75 Å². The summed E-state index contributed by atoms with van der Waals surface area (Å²) in [5.74, 6) is -1.22. The van der Waals surface area contributed by atoms with Crippen LogP contribution in [0.2, 0.25) is 5.15 Å². The fraction of sp³-hybridized carbons (Fsp3) is 0.0588. The summed E-state index contributed by atoms with van der Waals surface area (Å²) >= 11 is 5.92. The molecule has 1 heterocycles. The fourth-order valence-corrected chi connectivity index (χ4v) is 2.36. The maximum absolute atomic E-state index is 13.4. The van der Waals surface area contributed by atoms with Crippen LogP contribution in [0.1, 0.15) is 5.56 Å². The molecule has 9 heteroatoms. The highest BCUT2D eigenvalue weighted by molar-refractivity contribution is 6.29. The maximum Gasteiger partial charge on any atom is 0.416 e. The second kappa shape index (κ2) is 6.80. The van der Waals surface area contributed by atoms with E-state index in [1.54, 1.807) is 0 Å². The molecule has 0 amide bonds. The van der Waals surface area contributed by atoms with Crippen LogP contribution in [0.3, 0.4) is 0 Å². The topological polar surface area (TPSA) is 58.0 Å². The van der Waals surface area contributed by atoms with Gasteiger partial charge in [0.2, 0.25) is 0 Å². The lowest BCUT2D eigenvalue weighted by atomic mass is 10.1. The lowest BCUT2D eigenvalue weighted by molar-refractivity contribution is -0.137. The Bertz CT molecular complexity index is 963. The summed E-state index contributed by atoms with van der Waals surface area (Å²) in [5, 5.41) is 12.0. The Morgan fingerprint density at radius 1 is 1.00 bits per heavy atom. The Morgan fingerprint density at radius 2 is 1.77 bits per heavy atom. The molecule has 2 N–H and O–H groups in total. The molecule has 0 saturated heterocycles. The number of phenolic OH excluding ortho intramolecular Hbond substituents is 1. The summed E-state index contributed by atoms with van der Waals surface area (Å²) in [6, 6.07) is 9.43. The minimum Gasteiger partial charge on any atom is -0.505 e. The number of benzene rings is 2. The molecule has 3 rings (SSSR count). The molecule has 2 aromatic carbocycles. The van der Waals surface area contributed by atoms with Crippen LogP contribution in [-0.4, -0.2) is 15.1 Å². The van der Waals surface area contributed by atoms with E-state index in [9.17, 15) is 22.7 Å². The largest absolute Gasteiger partial charge is 0.505 e. The van der Waals surface area contributed by atoms with E-state index < -0.39 is 23.3 Å². The first-order valence-corrected chi connectivity index (χ1v) is 7.58. The van der Waals surface area contributed by atoms with Crippen molar-refractivity contribution >= 4 is 23.1 Å². The van der Waals surface area contributed by atoms with E-state index in [4.69, 9.17) is 11.6 Å². The molecular formula is C17H10ClF4N3O. The van der Waals surface area contributed by atoms with Gasteiger partial charge in [0.1, 0.15) is 11.0 Å². The highest BCUT2D eigenvalue weighted by atomic mass is 35.5. The smallest absolute Gasteiger partial charge is 0.416 e. The van der Waals surface area contributed by atoms with Crippen molar-refractivity contribution in [2.24, 2.45) is 0 Å². The molecule has 0 unspecified atom stereocenters. The number of aromatic hydroxyl groups is 1. The van der Waals surface area contributed by atoms with Gasteiger partial charge in [-0.2, -0.15) is 13.2 Å². The van der Waals surface area contributed by atoms with Crippen molar-refractivity contribution in [2.45, 2.75) is 6.18 Å². The van der Waals surface area contributed by atoms with Crippen molar-refractivity contribution in [1.29, 1.82) is 0 Å². The van der Waals surface area contributed by atoms with Gasteiger partial charge in [-0.3, -0.25) is 0 Å². The fourth-order valence-electron chi connectivity index (χ4n) is 2.18. The highest BCUT2D eigenvalue weighted by Crippen LogP contribution is 2.32. The highest BCUT2D eigenvalue weighted by Gasteiger charge is 2.30. The Labute approximate surface area is 150 Å². The normalized spacial score (nSPS) is 11.4. The van der Waals surface area contributed by atoms with E-state index >= 15 is 0 Å². The molecule has 1 aromatic heterocycles. The number of nitrogens with zero attached hydrogens (tertiary/aromatic N) is 2. The second-order valence-corrected chi connectivity index (χ2v) is 5.66. The third-order valence-electron chi connectivity index (χ3n) is 3.36. The van der Waals surface area contributed by atoms with Gasteiger partial charge in [-0.1, -0.05) is 23.7 Å². The third-order valence-corrected chi connectivity index (χ3v) is 3.56. The van der Waals surface area contributed by atoms with Gasteiger partial charge in [0.05, 0.1) is 5.56 Å². The van der Waals surface area contributed by atoms with Crippen LogP contribution < -0.4 is 5.32 Å². The first kappa shape index (κ1) is 17.9. The van der Waals surface area contributed by atoms with Crippen molar-refractivity contribution in [2.75, 3.05) is 5.32 Å². The van der Waals surface area contributed by atoms with Crippen molar-refractivity contribution < 1.29 is 22.7 Å². The van der Waals surface area contributed by atoms with Crippen LogP contribution in [0.4, 0.5) is 29.1 Å². The average molecular weight is 384 g/mol. The van der Waals surface area contributed by atoms with Gasteiger partial charge in [0.15, 0.2) is 17.4 Å². The van der Waals surface area contributed by atoms with Gasteiger partial charge in [-0.25, -0.2) is 14.4 Å². The zero-order valence-corrected chi connectivity index (χ0v) is 13.6. The van der Waals surface area contributed by atoms with Gasteiger partial charge in [-0.15, -0.1) is 0 Å². The number of rotatable bonds is 3. The SMILES string of the molecule is Oc1ccc(Nc2cc(Cl)nc(-c3cccc(C(F)(F)F)c3)n2)cc1F. The lowest BCUT2D eigenvalue weighted by Gasteiger charge is -2.10. The molecule has 0 saturated carbocycles. The van der Waals surface area contributed by atoms with E-state index in [1.165, 1.54) is 24.3 Å². The van der Waals surface area contributed by atoms with Crippen LogP contribution in [0.15, 0.2) is 48.5 Å². The zero-order valence-electron chi connectivity index (χ0n) is 12.9. The zero-order chi connectivity index (χ0) is 18.9. The predicted molar refractivity (Wildman–Crippen MR) is 88.8 cm³/mol. The monoisotopic (exact) mass is 383 g/mol. The van der Waals surface area contributed by atoms with Gasteiger partial charge < -0.3 is 10.4 Å². The summed E-state index contributed by atoms with van der Waals surface area (Å²) in [5.41, 5.74) is -0.444. The number of nitrogens with one attached hydrogen (secondary N) is 1. The first-order valence-electron chi connectivity index (χ1n) is 7.20. The van der Waals surface area contributed by atoms with Crippen molar-refractivity contribution in [1.82, 2.24) is 9.97 Å². The summed E-state index contributed by atoms with van der Waals surface area (Å²) in [6.45, 7) is 0. The average Bonchev–Trinajstić information content (AvgIpc) is 2.57. The van der Waals surface area contributed by atoms with Gasteiger partial charge >= 0.3 is 6.18 Å². The summed E-state index contributed by atoms with van der Waals surface area (Å²) in [6.07, 6.45) is -4.50. The van der Waals surface area contributed by atoms with Crippen LogP contribution in [-0.2, 0) is 6.18 Å². The number of phenols is 1. The predicted octanol–water partition coefficient (Wildman–Crippen LogP) is 5.40. The molecule has 0 bridgehead atoms. The van der Waals surface area contributed by atoms with E-state index in [1.807, 2.05) is 0 Å². The van der Waals surface area contributed by atoms with E-state index in [0.29, 0.717) is 0 Å². The number of hydrogen-bond donors (Lipinski definition) is 2. The molecule has 3 aromatic rings. The molecule has 0 spiro atoms. The van der Waals surface area contributed by atoms with Crippen molar-refractivity contribution in [3.63, 3.8) is 0 Å². The summed E-state index contributed by atoms with van der Waals surface area (Å²) in [4.78, 5) is 8.05. The quantitative estimate of drug-likeness (QED) is 0.361. The van der Waals surface area contributed by atoms with Gasteiger partial charge in [-0.05, 0) is 24.3 Å². The second-order valence-electron chi connectivity index (χ2n) is 5.27. The Balaban J connectivity index is 1.96. The molecule has 0 radical (unpaired) electrons. The molecule has 0 atom stereocenters. The van der Waals surface area contributed by atoms with Gasteiger partial charge in [0.25, 0.3) is 0 Å². The van der Waals surface area contributed by atoms with Crippen LogP contribution in [0.25, 0.3) is 11.4 Å². The standard InChI is InChI=1S/C17H10ClF4N3O/c18-14-8-15(23-11-4-5-13(26)12(19)7-11)25-16(24-14)9-2-1-3-10(6-9)17(20,21)22/h1-8,26H,(H,23,24,25). The van der Waals surface area contributed by atoms with E-state index in [0.717, 1.165) is 24.3 Å². The Morgan fingerprint density at radius 3 is 2.46 bits per heavy atom. The lowest BCUT2D eigenvalue weighted by Crippen LogP contribution is -2.05. The Kier molecular flexibility index (Phi) is 4.69. The molecule has 4 nitrogen and oxygen atoms in total. The summed E-state index contributed by atoms with van der Waals surface area (Å²) < 4.78 is 52.0. The van der Waals surface area contributed by atoms with Crippen molar-refractivity contribution in [3.8, 4) is 17.1 Å². The molecule has 0 aliphatic carbocycles. The molecule has 0 aliphatic rings. The third kappa shape index (κ3) is 4.02. The summed E-state index contributed by atoms with van der Waals surface area (Å²) in [7, 11) is 0. The van der Waals surface area contributed by atoms with E-state index in [2.05, 4.69) is 15.3 Å². The minimum atomic E-state index is -4.50. The number of anilines is 2. The molecule has 0 fully saturated rings.